The van der Waals surface area contributed by atoms with Crippen LogP contribution in [0.2, 0.25) is 0 Å². The van der Waals surface area contributed by atoms with E-state index >= 15 is 0 Å². The molecule has 4 N–H and O–H groups in total. The van der Waals surface area contributed by atoms with Gasteiger partial charge in [0.25, 0.3) is 0 Å². The highest BCUT2D eigenvalue weighted by Gasteiger charge is 2.43. The summed E-state index contributed by atoms with van der Waals surface area (Å²) in [5.41, 5.74) is 0.703. The topological polar surface area (TPSA) is 152 Å². The van der Waals surface area contributed by atoms with Crippen LogP contribution in [-0.4, -0.2) is 125 Å². The summed E-state index contributed by atoms with van der Waals surface area (Å²) in [5.74, 6) is -2.33. The van der Waals surface area contributed by atoms with Gasteiger partial charge in [0.05, 0.1) is 36.3 Å². The lowest BCUT2D eigenvalue weighted by molar-refractivity contribution is -0.145. The number of amides is 4. The zero-order chi connectivity index (χ0) is 41.0. The number of benzene rings is 1. The summed E-state index contributed by atoms with van der Waals surface area (Å²) in [6, 6.07) is 6.70. The van der Waals surface area contributed by atoms with Gasteiger partial charge in [-0.2, -0.15) is 0 Å². The lowest BCUT2D eigenvalue weighted by Crippen LogP contribution is -2.59. The second-order valence-corrected chi connectivity index (χ2v) is 16.6. The molecule has 0 radical (unpaired) electrons. The third kappa shape index (κ3) is 12.0. The minimum absolute atomic E-state index is 0.00422. The molecule has 1 aromatic carbocycles. The Hall–Kier alpha value is -3.06. The Bertz CT molecular complexity index is 1330. The largest absolute Gasteiger partial charge is 0.396 e. The number of methoxy groups -OCH3 is 1. The monoisotopic (exact) mass is 760 g/mol. The second kappa shape index (κ2) is 21.9. The van der Waals surface area contributed by atoms with E-state index in [1.54, 1.807) is 37.8 Å². The van der Waals surface area contributed by atoms with Gasteiger partial charge in [-0.1, -0.05) is 85.2 Å². The first kappa shape index (κ1) is 47.1. The summed E-state index contributed by atoms with van der Waals surface area (Å²) in [7, 11) is 5.18. The average molecular weight is 760 g/mol. The number of nitrogens with one attached hydrogen (secondary N) is 2. The van der Waals surface area contributed by atoms with E-state index in [1.165, 1.54) is 0 Å². The standard InChI is InChI=1S/C42H73N5O7/c1-14-28(8)37(46(12)42(53)35(25(2)3)44-41(52)36(26(4)5)45(11)27(6)7)32(24-48)23-34(49)47-22-18-21-33(47)39(54-13)29(9)40(51)43-30(10)38(50)31-19-16-15-17-20-31/h15-17,19-20,25-30,32-33,35-39,48,50H,14,18,21-24H2,1-13H3,(H,43,51)(H,44,52)/t28-,29+,30+,32-,33-,35?,36?,37-,38+,39+/m0/s1. The van der Waals surface area contributed by atoms with Crippen LogP contribution in [0.25, 0.3) is 0 Å². The fourth-order valence-electron chi connectivity index (χ4n) is 8.10. The van der Waals surface area contributed by atoms with Crippen LogP contribution in [0.3, 0.4) is 0 Å². The zero-order valence-electron chi connectivity index (χ0n) is 35.4. The Balaban J connectivity index is 2.27. The predicted molar refractivity (Wildman–Crippen MR) is 213 cm³/mol. The van der Waals surface area contributed by atoms with Crippen LogP contribution in [0, 0.1) is 29.6 Å². The molecule has 1 aliphatic rings. The summed E-state index contributed by atoms with van der Waals surface area (Å²) in [5, 5.41) is 27.7. The van der Waals surface area contributed by atoms with Crippen LogP contribution in [0.1, 0.15) is 107 Å². The van der Waals surface area contributed by atoms with Gasteiger partial charge < -0.3 is 35.4 Å². The van der Waals surface area contributed by atoms with Gasteiger partial charge in [-0.3, -0.25) is 24.1 Å². The van der Waals surface area contributed by atoms with Gasteiger partial charge in [-0.25, -0.2) is 0 Å². The Morgan fingerprint density at radius 3 is 2.04 bits per heavy atom. The van der Waals surface area contributed by atoms with E-state index in [1.807, 2.05) is 97.7 Å². The number of aliphatic hydroxyl groups excluding tert-OH is 2. The molecule has 1 aliphatic heterocycles. The molecule has 0 spiro atoms. The molecule has 1 saturated heterocycles. The number of rotatable bonds is 21. The first-order chi connectivity index (χ1) is 25.3. The summed E-state index contributed by atoms with van der Waals surface area (Å²) >= 11 is 0. The van der Waals surface area contributed by atoms with E-state index < -0.39 is 48.2 Å². The third-order valence-electron chi connectivity index (χ3n) is 11.7. The van der Waals surface area contributed by atoms with Crippen molar-refractivity contribution in [3.63, 3.8) is 0 Å². The Labute approximate surface area is 325 Å². The maximum absolute atomic E-state index is 14.3. The number of hydrogen-bond donors (Lipinski definition) is 4. The molecule has 54 heavy (non-hydrogen) atoms. The third-order valence-corrected chi connectivity index (χ3v) is 11.7. The minimum Gasteiger partial charge on any atom is -0.396 e. The van der Waals surface area contributed by atoms with Gasteiger partial charge in [0.2, 0.25) is 23.6 Å². The van der Waals surface area contributed by atoms with Crippen molar-refractivity contribution in [2.24, 2.45) is 29.6 Å². The molecule has 1 fully saturated rings. The van der Waals surface area contributed by atoms with Crippen LogP contribution < -0.4 is 10.6 Å². The molecule has 4 amide bonds. The Morgan fingerprint density at radius 2 is 1.54 bits per heavy atom. The normalized spacial score (nSPS) is 19.9. The molecular weight excluding hydrogens is 686 g/mol. The highest BCUT2D eigenvalue weighted by Crippen LogP contribution is 2.31. The zero-order valence-corrected chi connectivity index (χ0v) is 35.4. The molecule has 2 rings (SSSR count). The summed E-state index contributed by atoms with van der Waals surface area (Å²) < 4.78 is 5.91. The number of carbonyl (C=O) groups is 4. The summed E-state index contributed by atoms with van der Waals surface area (Å²) in [6.45, 7) is 19.6. The summed E-state index contributed by atoms with van der Waals surface area (Å²) in [6.07, 6.45) is 0.623. The maximum atomic E-state index is 14.3. The lowest BCUT2D eigenvalue weighted by atomic mass is 9.83. The van der Waals surface area contributed by atoms with Gasteiger partial charge in [-0.15, -0.1) is 0 Å². The van der Waals surface area contributed by atoms with Crippen molar-refractivity contribution < 1.29 is 34.1 Å². The quantitative estimate of drug-likeness (QED) is 0.145. The molecule has 10 atom stereocenters. The number of hydrogen-bond acceptors (Lipinski definition) is 8. The highest BCUT2D eigenvalue weighted by molar-refractivity contribution is 5.90. The number of likely N-dealkylation sites (N-methyl/N-ethyl adjacent to an activating group) is 2. The van der Waals surface area contributed by atoms with Crippen LogP contribution in [0.5, 0.6) is 0 Å². The Kier molecular flexibility index (Phi) is 19.1. The van der Waals surface area contributed by atoms with Gasteiger partial charge in [0, 0.05) is 51.7 Å². The molecule has 0 bridgehead atoms. The number of nitrogens with zero attached hydrogens (tertiary/aromatic N) is 3. The fraction of sp³-hybridized carbons (Fsp3) is 0.762. The molecule has 308 valence electrons. The number of aliphatic hydroxyl groups is 2. The van der Waals surface area contributed by atoms with Gasteiger partial charge in [-0.05, 0) is 64.0 Å². The maximum Gasteiger partial charge on any atom is 0.245 e. The number of ether oxygens (including phenoxy) is 1. The van der Waals surface area contributed by atoms with E-state index in [0.717, 1.165) is 6.42 Å². The smallest absolute Gasteiger partial charge is 0.245 e. The molecule has 1 heterocycles. The van der Waals surface area contributed by atoms with Crippen molar-refractivity contribution in [1.82, 2.24) is 25.3 Å². The SMILES string of the molecule is CC[C@H](C)[C@@H]([C@H](CO)CC(=O)N1CCC[C@H]1[C@H](OC)[C@@H](C)C(=O)N[C@H](C)[C@@H](O)c1ccccc1)N(C)C(=O)C(NC(=O)C(C(C)C)N(C)C(C)C)C(C)C. The van der Waals surface area contributed by atoms with Crippen LogP contribution in [0.15, 0.2) is 30.3 Å². The van der Waals surface area contributed by atoms with Crippen molar-refractivity contribution in [3.8, 4) is 0 Å². The average Bonchev–Trinajstić information content (AvgIpc) is 3.62. The summed E-state index contributed by atoms with van der Waals surface area (Å²) in [4.78, 5) is 61.1. The van der Waals surface area contributed by atoms with E-state index in [-0.39, 0.29) is 66.5 Å². The van der Waals surface area contributed by atoms with E-state index in [2.05, 4.69) is 10.6 Å². The van der Waals surface area contributed by atoms with E-state index in [9.17, 15) is 29.4 Å². The molecule has 1 aromatic rings. The molecule has 12 nitrogen and oxygen atoms in total. The molecule has 0 aromatic heterocycles. The lowest BCUT2D eigenvalue weighted by Gasteiger charge is -2.41. The molecule has 2 unspecified atom stereocenters. The first-order valence-electron chi connectivity index (χ1n) is 20.1. The Morgan fingerprint density at radius 1 is 0.926 bits per heavy atom. The number of likely N-dealkylation sites (tertiary alicyclic amines) is 1. The fourth-order valence-corrected chi connectivity index (χ4v) is 8.10. The van der Waals surface area contributed by atoms with E-state index in [4.69, 9.17) is 4.74 Å². The van der Waals surface area contributed by atoms with Crippen molar-refractivity contribution in [3.05, 3.63) is 35.9 Å². The van der Waals surface area contributed by atoms with Crippen molar-refractivity contribution in [2.45, 2.75) is 143 Å². The molecule has 0 aliphatic carbocycles. The van der Waals surface area contributed by atoms with Crippen molar-refractivity contribution in [2.75, 3.05) is 34.4 Å². The highest BCUT2D eigenvalue weighted by atomic mass is 16.5. The van der Waals surface area contributed by atoms with Gasteiger partial charge >= 0.3 is 0 Å². The van der Waals surface area contributed by atoms with Gasteiger partial charge in [0.1, 0.15) is 6.04 Å². The molecule has 0 saturated carbocycles. The molecule has 12 heteroatoms. The van der Waals surface area contributed by atoms with E-state index in [0.29, 0.717) is 24.9 Å². The minimum atomic E-state index is -0.887. The van der Waals surface area contributed by atoms with Gasteiger partial charge in [0.15, 0.2) is 0 Å². The molecular formula is C42H73N5O7. The van der Waals surface area contributed by atoms with Crippen molar-refractivity contribution >= 4 is 23.6 Å². The second-order valence-electron chi connectivity index (χ2n) is 16.6. The van der Waals surface area contributed by atoms with Crippen LogP contribution in [0.4, 0.5) is 0 Å². The van der Waals surface area contributed by atoms with Crippen LogP contribution >= 0.6 is 0 Å². The van der Waals surface area contributed by atoms with Crippen molar-refractivity contribution in [1.29, 1.82) is 0 Å². The van der Waals surface area contributed by atoms with Crippen LogP contribution in [-0.2, 0) is 23.9 Å². The first-order valence-corrected chi connectivity index (χ1v) is 20.1. The number of carbonyl (C=O) groups excluding carboxylic acids is 4. The predicted octanol–water partition coefficient (Wildman–Crippen LogP) is 4.24.